The fourth-order valence-corrected chi connectivity index (χ4v) is 1.37. The highest BCUT2D eigenvalue weighted by atomic mass is 16.6. The Labute approximate surface area is 116 Å². The molecule has 108 valence electrons. The summed E-state index contributed by atoms with van der Waals surface area (Å²) in [4.78, 5) is 34.5. The molecule has 0 aliphatic heterocycles. The lowest BCUT2D eigenvalue weighted by Gasteiger charge is -1.98. The van der Waals surface area contributed by atoms with Crippen LogP contribution < -0.4 is 10.9 Å². The minimum absolute atomic E-state index is 0.0387. The first-order valence-corrected chi connectivity index (χ1v) is 5.62. The molecule has 0 unspecified atom stereocenters. The molecule has 0 atom stereocenters. The number of anilines is 1. The van der Waals surface area contributed by atoms with E-state index >= 15 is 0 Å². The van der Waals surface area contributed by atoms with E-state index in [0.29, 0.717) is 0 Å². The molecule has 0 aliphatic carbocycles. The van der Waals surface area contributed by atoms with Crippen molar-refractivity contribution < 1.29 is 14.1 Å². The first-order chi connectivity index (χ1) is 9.95. The third-order valence-electron chi connectivity index (χ3n) is 2.21. The van der Waals surface area contributed by atoms with Crippen molar-refractivity contribution in [1.29, 1.82) is 0 Å². The van der Waals surface area contributed by atoms with Gasteiger partial charge in [-0.2, -0.15) is 0 Å². The van der Waals surface area contributed by atoms with E-state index in [0.717, 1.165) is 0 Å². The Hall–Kier alpha value is -3.30. The maximum atomic E-state index is 11.7. The van der Waals surface area contributed by atoms with E-state index in [1.807, 2.05) is 0 Å². The number of H-pyrrole nitrogens is 1. The van der Waals surface area contributed by atoms with Gasteiger partial charge in [-0.1, -0.05) is 0 Å². The number of aromatic nitrogens is 3. The number of amides is 1. The molecule has 21 heavy (non-hydrogen) atoms. The maximum Gasteiger partial charge on any atom is 0.433 e. The molecule has 0 bridgehead atoms. The van der Waals surface area contributed by atoms with E-state index in [9.17, 15) is 19.7 Å². The number of nitrogens with one attached hydrogen (secondary N) is 2. The van der Waals surface area contributed by atoms with Crippen molar-refractivity contribution in [3.8, 4) is 0 Å². The summed E-state index contributed by atoms with van der Waals surface area (Å²) in [6, 6.07) is 2.57. The normalized spacial score (nSPS) is 10.7. The van der Waals surface area contributed by atoms with Crippen molar-refractivity contribution in [2.75, 3.05) is 5.32 Å². The van der Waals surface area contributed by atoms with E-state index < -0.39 is 22.3 Å². The van der Waals surface area contributed by atoms with Gasteiger partial charge in [-0.05, 0) is 18.2 Å². The third kappa shape index (κ3) is 3.59. The van der Waals surface area contributed by atoms with Crippen LogP contribution in [0.3, 0.4) is 0 Å². The number of nitro groups is 1. The number of aromatic amines is 1. The highest BCUT2D eigenvalue weighted by molar-refractivity contribution is 5.86. The average molecular weight is 291 g/mol. The van der Waals surface area contributed by atoms with Crippen LogP contribution in [0.1, 0.15) is 18.4 Å². The molecule has 1 amide bonds. The summed E-state index contributed by atoms with van der Waals surface area (Å²) in [7, 11) is 0. The van der Waals surface area contributed by atoms with E-state index in [2.05, 4.69) is 20.5 Å². The average Bonchev–Trinajstić information content (AvgIpc) is 2.86. The summed E-state index contributed by atoms with van der Waals surface area (Å²) in [5, 5.41) is 19.9. The first-order valence-electron chi connectivity index (χ1n) is 5.62. The zero-order valence-corrected chi connectivity index (χ0v) is 10.7. The fourth-order valence-electron chi connectivity index (χ4n) is 1.37. The molecule has 2 rings (SSSR count). The third-order valence-corrected chi connectivity index (χ3v) is 2.21. The molecule has 2 aromatic rings. The quantitative estimate of drug-likeness (QED) is 0.625. The Balaban J connectivity index is 2.18. The predicted molar refractivity (Wildman–Crippen MR) is 71.2 cm³/mol. The number of hydrogen-bond acceptors (Lipinski definition) is 7. The van der Waals surface area contributed by atoms with Gasteiger partial charge in [-0.3, -0.25) is 30.0 Å². The highest BCUT2D eigenvalue weighted by Crippen LogP contribution is 2.17. The van der Waals surface area contributed by atoms with Crippen LogP contribution in [0.2, 0.25) is 0 Å². The van der Waals surface area contributed by atoms with Gasteiger partial charge in [0, 0.05) is 6.92 Å². The standard InChI is InChI=1S/C11H9N5O5/c1-6(17)12-11-13-10(18)8(14-15-11)4-2-7-3-5-9(21-7)16(19)20/h2-5H,1H3,(H2,12,13,15,17,18). The van der Waals surface area contributed by atoms with Gasteiger partial charge >= 0.3 is 5.88 Å². The van der Waals surface area contributed by atoms with Crippen LogP contribution in [0, 0.1) is 10.1 Å². The van der Waals surface area contributed by atoms with E-state index in [-0.39, 0.29) is 17.4 Å². The van der Waals surface area contributed by atoms with Crippen LogP contribution in [0.25, 0.3) is 12.2 Å². The monoisotopic (exact) mass is 291 g/mol. The SMILES string of the molecule is CC(=O)Nc1nnc(C=Cc2ccc([N+](=O)[O-])o2)c(=O)[nH]1. The van der Waals surface area contributed by atoms with Gasteiger partial charge in [0.25, 0.3) is 5.56 Å². The fraction of sp³-hybridized carbons (Fsp3) is 0.0909. The van der Waals surface area contributed by atoms with Gasteiger partial charge in [-0.15, -0.1) is 10.2 Å². The van der Waals surface area contributed by atoms with Crippen molar-refractivity contribution in [3.63, 3.8) is 0 Å². The minimum Gasteiger partial charge on any atom is -0.401 e. The van der Waals surface area contributed by atoms with Crippen LogP contribution in [0.15, 0.2) is 21.3 Å². The van der Waals surface area contributed by atoms with Crippen LogP contribution in [0.5, 0.6) is 0 Å². The second-order valence-corrected chi connectivity index (χ2v) is 3.84. The molecule has 0 spiro atoms. The second kappa shape index (κ2) is 5.77. The van der Waals surface area contributed by atoms with Crippen LogP contribution in [-0.2, 0) is 4.79 Å². The Morgan fingerprint density at radius 2 is 2.19 bits per heavy atom. The Bertz CT molecular complexity index is 775. The molecule has 0 saturated carbocycles. The summed E-state index contributed by atoms with van der Waals surface area (Å²) in [5.74, 6) is -0.686. The zero-order valence-electron chi connectivity index (χ0n) is 10.7. The summed E-state index contributed by atoms with van der Waals surface area (Å²) in [6.07, 6.45) is 2.62. The number of hydrogen-bond donors (Lipinski definition) is 2. The summed E-state index contributed by atoms with van der Waals surface area (Å²) in [6.45, 7) is 1.26. The van der Waals surface area contributed by atoms with Gasteiger partial charge < -0.3 is 4.42 Å². The topological polar surface area (TPSA) is 144 Å². The van der Waals surface area contributed by atoms with Crippen molar-refractivity contribution in [3.05, 3.63) is 44.1 Å². The molecule has 0 radical (unpaired) electrons. The molecule has 10 heteroatoms. The number of rotatable bonds is 4. The molecule has 10 nitrogen and oxygen atoms in total. The van der Waals surface area contributed by atoms with Crippen molar-refractivity contribution in [2.45, 2.75) is 6.92 Å². The Kier molecular flexibility index (Phi) is 3.88. The number of carbonyl (C=O) groups is 1. The molecule has 0 fully saturated rings. The van der Waals surface area contributed by atoms with Gasteiger partial charge in [-0.25, -0.2) is 0 Å². The number of furan rings is 1. The van der Waals surface area contributed by atoms with E-state index in [4.69, 9.17) is 4.42 Å². The lowest BCUT2D eigenvalue weighted by atomic mass is 10.3. The maximum absolute atomic E-state index is 11.7. The smallest absolute Gasteiger partial charge is 0.401 e. The molecule has 0 aliphatic rings. The van der Waals surface area contributed by atoms with Crippen molar-refractivity contribution in [1.82, 2.24) is 15.2 Å². The second-order valence-electron chi connectivity index (χ2n) is 3.84. The van der Waals surface area contributed by atoms with E-state index in [1.165, 1.54) is 31.2 Å². The lowest BCUT2D eigenvalue weighted by molar-refractivity contribution is -0.402. The summed E-state index contributed by atoms with van der Waals surface area (Å²) < 4.78 is 4.88. The number of carbonyl (C=O) groups excluding carboxylic acids is 1. The van der Waals surface area contributed by atoms with Crippen LogP contribution in [-0.4, -0.2) is 26.0 Å². The molecule has 2 heterocycles. The molecular weight excluding hydrogens is 282 g/mol. The zero-order chi connectivity index (χ0) is 15.4. The van der Waals surface area contributed by atoms with E-state index in [1.54, 1.807) is 0 Å². The molecule has 2 aromatic heterocycles. The summed E-state index contributed by atoms with van der Waals surface area (Å²) in [5.41, 5.74) is -0.616. The predicted octanol–water partition coefficient (Wildman–Crippen LogP) is 0.795. The minimum atomic E-state index is -0.674. The number of nitrogens with zero attached hydrogens (tertiary/aromatic N) is 3. The Morgan fingerprint density at radius 1 is 1.43 bits per heavy atom. The van der Waals surface area contributed by atoms with Gasteiger partial charge in [0.15, 0.2) is 5.69 Å². The first kappa shape index (κ1) is 14.1. The molecular formula is C11H9N5O5. The highest BCUT2D eigenvalue weighted by Gasteiger charge is 2.10. The molecule has 0 aromatic carbocycles. The van der Waals surface area contributed by atoms with Crippen molar-refractivity contribution in [2.24, 2.45) is 0 Å². The van der Waals surface area contributed by atoms with Gasteiger partial charge in [0.05, 0.1) is 6.07 Å². The summed E-state index contributed by atoms with van der Waals surface area (Å²) >= 11 is 0. The van der Waals surface area contributed by atoms with Crippen LogP contribution >= 0.6 is 0 Å². The van der Waals surface area contributed by atoms with Gasteiger partial charge in [0.2, 0.25) is 11.9 Å². The Morgan fingerprint density at radius 3 is 2.76 bits per heavy atom. The lowest BCUT2D eigenvalue weighted by Crippen LogP contribution is -2.19. The largest absolute Gasteiger partial charge is 0.433 e. The van der Waals surface area contributed by atoms with Gasteiger partial charge in [0.1, 0.15) is 10.7 Å². The van der Waals surface area contributed by atoms with Crippen molar-refractivity contribution >= 4 is 29.9 Å². The molecule has 2 N–H and O–H groups in total. The van der Waals surface area contributed by atoms with Crippen LogP contribution in [0.4, 0.5) is 11.8 Å². The molecule has 0 saturated heterocycles.